The molecule has 0 saturated heterocycles. The van der Waals surface area contributed by atoms with E-state index in [0.29, 0.717) is 17.4 Å². The molecule has 0 spiro atoms. The van der Waals surface area contributed by atoms with Crippen LogP contribution in [0.2, 0.25) is 0 Å². The molecule has 2 N–H and O–H groups in total. The van der Waals surface area contributed by atoms with E-state index in [9.17, 15) is 0 Å². The van der Waals surface area contributed by atoms with Gasteiger partial charge in [-0.15, -0.1) is 0 Å². The third kappa shape index (κ3) is 2.86. The molecule has 0 fully saturated rings. The monoisotopic (exact) mass is 260 g/mol. The van der Waals surface area contributed by atoms with Crippen LogP contribution in [-0.4, -0.2) is 21.9 Å². The number of hydrogen-bond donors (Lipinski definition) is 1. The summed E-state index contributed by atoms with van der Waals surface area (Å²) in [4.78, 5) is 4.57. The highest BCUT2D eigenvalue weighted by atomic mass is 16.5. The van der Waals surface area contributed by atoms with Gasteiger partial charge in [-0.2, -0.15) is 5.10 Å². The Bertz CT molecular complexity index is 575. The van der Waals surface area contributed by atoms with E-state index in [1.54, 1.807) is 11.8 Å². The van der Waals surface area contributed by atoms with Crippen molar-refractivity contribution in [3.05, 3.63) is 24.0 Å². The number of anilines is 1. The average Bonchev–Trinajstić information content (AvgIpc) is 2.69. The Kier molecular flexibility index (Phi) is 3.74. The van der Waals surface area contributed by atoms with E-state index in [1.807, 2.05) is 25.2 Å². The molecular formula is C14H20N4O. The van der Waals surface area contributed by atoms with E-state index >= 15 is 0 Å². The first-order valence-corrected chi connectivity index (χ1v) is 6.35. The van der Waals surface area contributed by atoms with Gasteiger partial charge in [0.1, 0.15) is 5.75 Å². The summed E-state index contributed by atoms with van der Waals surface area (Å²) in [5.41, 5.74) is 7.48. The highest BCUT2D eigenvalue weighted by molar-refractivity contribution is 5.66. The van der Waals surface area contributed by atoms with E-state index in [1.165, 1.54) is 0 Å². The van der Waals surface area contributed by atoms with Gasteiger partial charge < -0.3 is 10.5 Å². The number of benzene rings is 1. The van der Waals surface area contributed by atoms with Crippen LogP contribution < -0.4 is 10.5 Å². The van der Waals surface area contributed by atoms with E-state index in [0.717, 1.165) is 23.6 Å². The van der Waals surface area contributed by atoms with Crippen molar-refractivity contribution in [2.75, 3.05) is 12.8 Å². The largest absolute Gasteiger partial charge is 0.495 e. The lowest BCUT2D eigenvalue weighted by atomic mass is 10.1. The van der Waals surface area contributed by atoms with Crippen LogP contribution in [0.25, 0.3) is 11.4 Å². The summed E-state index contributed by atoms with van der Waals surface area (Å²) in [6.45, 7) is 4.31. The van der Waals surface area contributed by atoms with Crippen molar-refractivity contribution in [2.45, 2.75) is 20.3 Å². The minimum atomic E-state index is 0.538. The van der Waals surface area contributed by atoms with Crippen LogP contribution in [-0.2, 0) is 13.5 Å². The number of ether oxygens (including phenoxy) is 1. The number of nitrogens with two attached hydrogens (primary N) is 1. The second-order valence-corrected chi connectivity index (χ2v) is 5.03. The molecule has 102 valence electrons. The van der Waals surface area contributed by atoms with Crippen molar-refractivity contribution < 1.29 is 4.74 Å². The molecule has 2 rings (SSSR count). The smallest absolute Gasteiger partial charge is 0.158 e. The molecule has 0 radical (unpaired) electrons. The summed E-state index contributed by atoms with van der Waals surface area (Å²) in [6, 6.07) is 5.65. The number of aryl methyl sites for hydroxylation is 1. The standard InChI is InChI=1S/C14H20N4O/c1-9(2)7-13-16-14(18(3)17-13)10-5-6-12(19-4)11(15)8-10/h5-6,8-9H,7,15H2,1-4H3. The minimum Gasteiger partial charge on any atom is -0.495 e. The molecule has 0 aliphatic rings. The highest BCUT2D eigenvalue weighted by Gasteiger charge is 2.12. The average molecular weight is 260 g/mol. The molecule has 0 aliphatic heterocycles. The second-order valence-electron chi connectivity index (χ2n) is 5.03. The lowest BCUT2D eigenvalue weighted by molar-refractivity contribution is 0.417. The molecule has 5 heteroatoms. The molecule has 2 aromatic rings. The molecule has 5 nitrogen and oxygen atoms in total. The van der Waals surface area contributed by atoms with Crippen molar-refractivity contribution in [2.24, 2.45) is 13.0 Å². The van der Waals surface area contributed by atoms with Crippen LogP contribution in [0.5, 0.6) is 5.75 Å². The molecule has 0 unspecified atom stereocenters. The summed E-state index contributed by atoms with van der Waals surface area (Å²) in [7, 11) is 3.50. The van der Waals surface area contributed by atoms with Gasteiger partial charge in [0.2, 0.25) is 0 Å². The van der Waals surface area contributed by atoms with E-state index in [4.69, 9.17) is 10.5 Å². The first kappa shape index (κ1) is 13.4. The Morgan fingerprint density at radius 3 is 2.68 bits per heavy atom. The van der Waals surface area contributed by atoms with Gasteiger partial charge >= 0.3 is 0 Å². The van der Waals surface area contributed by atoms with E-state index in [2.05, 4.69) is 23.9 Å². The Morgan fingerprint density at radius 1 is 1.37 bits per heavy atom. The van der Waals surface area contributed by atoms with Crippen LogP contribution in [0.3, 0.4) is 0 Å². The first-order chi connectivity index (χ1) is 9.01. The van der Waals surface area contributed by atoms with Crippen LogP contribution in [0.1, 0.15) is 19.7 Å². The van der Waals surface area contributed by atoms with Gasteiger partial charge in [0.05, 0.1) is 12.8 Å². The van der Waals surface area contributed by atoms with E-state index < -0.39 is 0 Å². The maximum absolute atomic E-state index is 5.92. The van der Waals surface area contributed by atoms with Gasteiger partial charge in [-0.25, -0.2) is 9.67 Å². The number of nitrogens with zero attached hydrogens (tertiary/aromatic N) is 3. The summed E-state index contributed by atoms with van der Waals surface area (Å²) in [5, 5.41) is 4.43. The molecule has 0 aliphatic carbocycles. The Labute approximate surface area is 113 Å². The lowest BCUT2D eigenvalue weighted by Gasteiger charge is -2.06. The Hall–Kier alpha value is -2.04. The minimum absolute atomic E-state index is 0.538. The molecule has 0 saturated carbocycles. The van der Waals surface area contributed by atoms with Gasteiger partial charge in [0, 0.05) is 19.0 Å². The fraction of sp³-hybridized carbons (Fsp3) is 0.429. The van der Waals surface area contributed by atoms with Gasteiger partial charge in [-0.3, -0.25) is 0 Å². The predicted molar refractivity (Wildman–Crippen MR) is 75.9 cm³/mol. The zero-order chi connectivity index (χ0) is 14.0. The molecule has 0 atom stereocenters. The number of aromatic nitrogens is 3. The second kappa shape index (κ2) is 5.30. The van der Waals surface area contributed by atoms with Gasteiger partial charge in [-0.05, 0) is 24.1 Å². The molecule has 1 aromatic carbocycles. The highest BCUT2D eigenvalue weighted by Crippen LogP contribution is 2.27. The normalized spacial score (nSPS) is 11.0. The predicted octanol–water partition coefficient (Wildman–Crippen LogP) is 2.27. The number of hydrogen-bond acceptors (Lipinski definition) is 4. The zero-order valence-corrected chi connectivity index (χ0v) is 11.8. The maximum Gasteiger partial charge on any atom is 0.158 e. The number of rotatable bonds is 4. The van der Waals surface area contributed by atoms with Crippen LogP contribution >= 0.6 is 0 Å². The third-order valence-electron chi connectivity index (χ3n) is 2.89. The van der Waals surface area contributed by atoms with Crippen LogP contribution in [0.4, 0.5) is 5.69 Å². The number of nitrogen functional groups attached to an aromatic ring is 1. The third-order valence-corrected chi connectivity index (χ3v) is 2.89. The van der Waals surface area contributed by atoms with Gasteiger partial charge in [0.15, 0.2) is 11.6 Å². The van der Waals surface area contributed by atoms with Crippen LogP contribution in [0, 0.1) is 5.92 Å². The topological polar surface area (TPSA) is 66.0 Å². The summed E-state index contributed by atoms with van der Waals surface area (Å²) >= 11 is 0. The molecule has 19 heavy (non-hydrogen) atoms. The van der Waals surface area contributed by atoms with E-state index in [-0.39, 0.29) is 0 Å². The first-order valence-electron chi connectivity index (χ1n) is 6.35. The quantitative estimate of drug-likeness (QED) is 0.856. The fourth-order valence-electron chi connectivity index (χ4n) is 2.01. The lowest BCUT2D eigenvalue weighted by Crippen LogP contribution is -1.98. The zero-order valence-electron chi connectivity index (χ0n) is 11.8. The summed E-state index contributed by atoms with van der Waals surface area (Å²) in [5.74, 6) is 2.90. The molecule has 0 amide bonds. The molecule has 1 heterocycles. The van der Waals surface area contributed by atoms with Gasteiger partial charge in [-0.1, -0.05) is 13.8 Å². The van der Waals surface area contributed by atoms with Crippen LogP contribution in [0.15, 0.2) is 18.2 Å². The summed E-state index contributed by atoms with van der Waals surface area (Å²) < 4.78 is 6.95. The van der Waals surface area contributed by atoms with Crippen molar-refractivity contribution in [1.29, 1.82) is 0 Å². The summed E-state index contributed by atoms with van der Waals surface area (Å²) in [6.07, 6.45) is 0.874. The van der Waals surface area contributed by atoms with Crippen molar-refractivity contribution >= 4 is 5.69 Å². The number of methoxy groups -OCH3 is 1. The van der Waals surface area contributed by atoms with Crippen molar-refractivity contribution in [3.63, 3.8) is 0 Å². The maximum atomic E-state index is 5.92. The van der Waals surface area contributed by atoms with Crippen molar-refractivity contribution in [3.8, 4) is 17.1 Å². The fourth-order valence-corrected chi connectivity index (χ4v) is 2.01. The van der Waals surface area contributed by atoms with Gasteiger partial charge in [0.25, 0.3) is 0 Å². The molecule has 0 bridgehead atoms. The SMILES string of the molecule is COc1ccc(-c2nc(CC(C)C)nn2C)cc1N. The Balaban J connectivity index is 2.36. The Morgan fingerprint density at radius 2 is 2.11 bits per heavy atom. The molecular weight excluding hydrogens is 240 g/mol. The molecule has 1 aromatic heterocycles. The van der Waals surface area contributed by atoms with Crippen molar-refractivity contribution in [1.82, 2.24) is 14.8 Å².